The maximum atomic E-state index is 12.8. The summed E-state index contributed by atoms with van der Waals surface area (Å²) in [5.41, 5.74) is 1.69. The summed E-state index contributed by atoms with van der Waals surface area (Å²) in [7, 11) is -3.37. The van der Waals surface area contributed by atoms with E-state index >= 15 is 0 Å². The molecule has 0 aromatic heterocycles. The molecule has 1 saturated carbocycles. The minimum Gasteiger partial charge on any atom is -0.207 e. The number of hydrogen-bond donors (Lipinski definition) is 0. The van der Waals surface area contributed by atoms with Crippen molar-refractivity contribution in [3.05, 3.63) is 29.3 Å². The van der Waals surface area contributed by atoms with Crippen molar-refractivity contribution in [3.63, 3.8) is 0 Å². The Kier molecular flexibility index (Phi) is 3.82. The number of alkyl halides is 1. The number of benzene rings is 1. The third-order valence-electron chi connectivity index (χ3n) is 4.85. The zero-order chi connectivity index (χ0) is 14.3. The fraction of sp³-hybridized carbons (Fsp3) is 0.600. The summed E-state index contributed by atoms with van der Waals surface area (Å²) in [6.07, 6.45) is 3.61. The summed E-state index contributed by atoms with van der Waals surface area (Å²) in [4.78, 5) is 0.427. The standard InChI is InChI=1S/C15H20ClNO2S/c1-11-12(8-16)4-3-7-15(11)20(18,19)17-9-13-5-2-6-14(13)10-17/h3-4,7,13-14H,2,5-6,8-10H2,1H3. The summed E-state index contributed by atoms with van der Waals surface area (Å²) in [5, 5.41) is 0. The minimum absolute atomic E-state index is 0.348. The lowest BCUT2D eigenvalue weighted by molar-refractivity contribution is 0.445. The highest BCUT2D eigenvalue weighted by Gasteiger charge is 2.41. The van der Waals surface area contributed by atoms with Gasteiger partial charge in [0.25, 0.3) is 0 Å². The second kappa shape index (κ2) is 5.32. The van der Waals surface area contributed by atoms with E-state index in [9.17, 15) is 8.42 Å². The van der Waals surface area contributed by atoms with Crippen molar-refractivity contribution in [1.82, 2.24) is 4.31 Å². The predicted molar refractivity (Wildman–Crippen MR) is 80.3 cm³/mol. The van der Waals surface area contributed by atoms with Crippen molar-refractivity contribution in [2.24, 2.45) is 11.8 Å². The summed E-state index contributed by atoms with van der Waals surface area (Å²) < 4.78 is 27.4. The first-order chi connectivity index (χ1) is 9.54. The highest BCUT2D eigenvalue weighted by Crippen LogP contribution is 2.40. The Labute approximate surface area is 126 Å². The third kappa shape index (κ3) is 2.28. The predicted octanol–water partition coefficient (Wildman–Crippen LogP) is 3.15. The number of halogens is 1. The van der Waals surface area contributed by atoms with Crippen LogP contribution in [0.15, 0.2) is 23.1 Å². The van der Waals surface area contributed by atoms with Crippen LogP contribution in [0.2, 0.25) is 0 Å². The van der Waals surface area contributed by atoms with Gasteiger partial charge >= 0.3 is 0 Å². The summed E-state index contributed by atoms with van der Waals surface area (Å²) >= 11 is 5.88. The molecule has 0 bridgehead atoms. The van der Waals surface area contributed by atoms with Crippen molar-refractivity contribution in [1.29, 1.82) is 0 Å². The molecule has 110 valence electrons. The second-order valence-corrected chi connectivity index (χ2v) is 8.12. The first kappa shape index (κ1) is 14.4. The Morgan fingerprint density at radius 1 is 1.25 bits per heavy atom. The zero-order valence-corrected chi connectivity index (χ0v) is 13.3. The largest absolute Gasteiger partial charge is 0.243 e. The molecular formula is C15H20ClNO2S. The topological polar surface area (TPSA) is 37.4 Å². The van der Waals surface area contributed by atoms with Crippen LogP contribution in [0, 0.1) is 18.8 Å². The Balaban J connectivity index is 1.93. The van der Waals surface area contributed by atoms with Crippen molar-refractivity contribution < 1.29 is 8.42 Å². The van der Waals surface area contributed by atoms with Gasteiger partial charge < -0.3 is 0 Å². The number of fused-ring (bicyclic) bond motifs is 1. The van der Waals surface area contributed by atoms with E-state index in [4.69, 9.17) is 11.6 Å². The molecule has 1 aromatic rings. The van der Waals surface area contributed by atoms with Crippen LogP contribution >= 0.6 is 11.6 Å². The summed E-state index contributed by atoms with van der Waals surface area (Å²) in [6.45, 7) is 3.23. The molecule has 2 aliphatic rings. The van der Waals surface area contributed by atoms with Crippen molar-refractivity contribution in [2.45, 2.75) is 37.0 Å². The van der Waals surface area contributed by atoms with E-state index in [1.165, 1.54) is 19.3 Å². The molecule has 3 rings (SSSR count). The lowest BCUT2D eigenvalue weighted by atomic mass is 10.0. The Morgan fingerprint density at radius 3 is 2.50 bits per heavy atom. The van der Waals surface area contributed by atoms with Gasteiger partial charge in [-0.15, -0.1) is 11.6 Å². The van der Waals surface area contributed by atoms with E-state index in [0.717, 1.165) is 11.1 Å². The fourth-order valence-corrected chi connectivity index (χ4v) is 5.72. The van der Waals surface area contributed by atoms with E-state index in [1.54, 1.807) is 16.4 Å². The van der Waals surface area contributed by atoms with Crippen LogP contribution in [0.1, 0.15) is 30.4 Å². The third-order valence-corrected chi connectivity index (χ3v) is 7.11. The van der Waals surface area contributed by atoms with Crippen LogP contribution in [0.25, 0.3) is 0 Å². The van der Waals surface area contributed by atoms with Gasteiger partial charge in [0.2, 0.25) is 10.0 Å². The molecule has 1 aromatic carbocycles. The van der Waals surface area contributed by atoms with E-state index in [-0.39, 0.29) is 0 Å². The van der Waals surface area contributed by atoms with Crippen LogP contribution in [-0.4, -0.2) is 25.8 Å². The lowest BCUT2D eigenvalue weighted by Crippen LogP contribution is -2.30. The SMILES string of the molecule is Cc1c(CCl)cccc1S(=O)(=O)N1CC2CCCC2C1. The number of nitrogens with zero attached hydrogens (tertiary/aromatic N) is 1. The summed E-state index contributed by atoms with van der Waals surface area (Å²) in [6, 6.07) is 5.38. The average Bonchev–Trinajstić information content (AvgIpc) is 2.99. The molecule has 2 unspecified atom stereocenters. The molecular weight excluding hydrogens is 294 g/mol. The fourth-order valence-electron chi connectivity index (χ4n) is 3.61. The molecule has 3 nitrogen and oxygen atoms in total. The number of hydrogen-bond acceptors (Lipinski definition) is 2. The molecule has 1 aliphatic heterocycles. The first-order valence-electron chi connectivity index (χ1n) is 7.18. The van der Waals surface area contributed by atoms with E-state index in [0.29, 0.717) is 35.7 Å². The van der Waals surface area contributed by atoms with Gasteiger partial charge in [-0.2, -0.15) is 4.31 Å². The Hall–Kier alpha value is -0.580. The molecule has 1 aliphatic carbocycles. The van der Waals surface area contributed by atoms with E-state index in [2.05, 4.69) is 0 Å². The van der Waals surface area contributed by atoms with Crippen LogP contribution in [0.4, 0.5) is 0 Å². The second-order valence-electron chi connectivity index (χ2n) is 5.95. The lowest BCUT2D eigenvalue weighted by Gasteiger charge is -2.19. The van der Waals surface area contributed by atoms with Crippen molar-refractivity contribution in [3.8, 4) is 0 Å². The van der Waals surface area contributed by atoms with Crippen LogP contribution < -0.4 is 0 Å². The van der Waals surface area contributed by atoms with Gasteiger partial charge in [-0.1, -0.05) is 18.6 Å². The van der Waals surface area contributed by atoms with Gasteiger partial charge in [0.1, 0.15) is 0 Å². The smallest absolute Gasteiger partial charge is 0.207 e. The van der Waals surface area contributed by atoms with Crippen molar-refractivity contribution >= 4 is 21.6 Å². The molecule has 0 amide bonds. The molecule has 5 heteroatoms. The van der Waals surface area contributed by atoms with E-state index < -0.39 is 10.0 Å². The van der Waals surface area contributed by atoms with Gasteiger partial charge in [0.05, 0.1) is 4.90 Å². The van der Waals surface area contributed by atoms with Gasteiger partial charge in [-0.3, -0.25) is 0 Å². The molecule has 1 heterocycles. The average molecular weight is 314 g/mol. The zero-order valence-electron chi connectivity index (χ0n) is 11.7. The van der Waals surface area contributed by atoms with Crippen molar-refractivity contribution in [2.75, 3.05) is 13.1 Å². The number of rotatable bonds is 3. The van der Waals surface area contributed by atoms with Crippen LogP contribution in [0.3, 0.4) is 0 Å². The molecule has 2 fully saturated rings. The summed E-state index contributed by atoms with van der Waals surface area (Å²) in [5.74, 6) is 1.49. The van der Waals surface area contributed by atoms with Gasteiger partial charge in [-0.05, 0) is 48.8 Å². The maximum Gasteiger partial charge on any atom is 0.243 e. The first-order valence-corrected chi connectivity index (χ1v) is 9.16. The van der Waals surface area contributed by atoms with E-state index in [1.807, 2.05) is 13.0 Å². The van der Waals surface area contributed by atoms with Crippen LogP contribution in [0.5, 0.6) is 0 Å². The monoisotopic (exact) mass is 313 g/mol. The van der Waals surface area contributed by atoms with Crippen LogP contribution in [-0.2, 0) is 15.9 Å². The quantitative estimate of drug-likeness (QED) is 0.804. The number of sulfonamides is 1. The minimum atomic E-state index is -3.37. The maximum absolute atomic E-state index is 12.8. The highest BCUT2D eigenvalue weighted by molar-refractivity contribution is 7.89. The highest BCUT2D eigenvalue weighted by atomic mass is 35.5. The normalized spacial score (nSPS) is 26.9. The Morgan fingerprint density at radius 2 is 1.90 bits per heavy atom. The molecule has 0 N–H and O–H groups in total. The molecule has 0 radical (unpaired) electrons. The van der Waals surface area contributed by atoms with Gasteiger partial charge in [0.15, 0.2) is 0 Å². The Bertz CT molecular complexity index is 602. The molecule has 0 spiro atoms. The molecule has 1 saturated heterocycles. The van der Waals surface area contributed by atoms with Gasteiger partial charge in [0, 0.05) is 19.0 Å². The van der Waals surface area contributed by atoms with Gasteiger partial charge in [-0.25, -0.2) is 8.42 Å². The molecule has 2 atom stereocenters. The molecule has 20 heavy (non-hydrogen) atoms.